The van der Waals surface area contributed by atoms with Crippen LogP contribution in [0.3, 0.4) is 0 Å². The summed E-state index contributed by atoms with van der Waals surface area (Å²) < 4.78 is 10.6. The standard InChI is InChI=1S/C10H20ClNO2/c1-2-13-8-5-12-10(9-11)3-6-14-7-4-10/h12H,2-9H2,1H3. The molecular weight excluding hydrogens is 202 g/mol. The Balaban J connectivity index is 2.22. The van der Waals surface area contributed by atoms with Gasteiger partial charge >= 0.3 is 0 Å². The monoisotopic (exact) mass is 221 g/mol. The summed E-state index contributed by atoms with van der Waals surface area (Å²) in [5.74, 6) is 0.655. The molecule has 1 aliphatic heterocycles. The molecule has 0 aromatic carbocycles. The molecule has 0 unspecified atom stereocenters. The van der Waals surface area contributed by atoms with Gasteiger partial charge in [-0.1, -0.05) is 0 Å². The summed E-state index contributed by atoms with van der Waals surface area (Å²) in [6.45, 7) is 6.05. The molecule has 0 aromatic heterocycles. The Labute approximate surface area is 91.1 Å². The molecular formula is C10H20ClNO2. The van der Waals surface area contributed by atoms with Crippen molar-refractivity contribution in [3.63, 3.8) is 0 Å². The number of hydrogen-bond acceptors (Lipinski definition) is 3. The first-order chi connectivity index (χ1) is 6.83. The predicted octanol–water partition coefficient (Wildman–Crippen LogP) is 1.40. The lowest BCUT2D eigenvalue weighted by Gasteiger charge is -2.36. The highest BCUT2D eigenvalue weighted by atomic mass is 35.5. The first-order valence-corrected chi connectivity index (χ1v) is 5.83. The number of hydrogen-bond donors (Lipinski definition) is 1. The van der Waals surface area contributed by atoms with Crippen LogP contribution in [0.15, 0.2) is 0 Å². The largest absolute Gasteiger partial charge is 0.381 e. The Kier molecular flexibility index (Phi) is 5.78. The highest BCUT2D eigenvalue weighted by Crippen LogP contribution is 2.21. The Morgan fingerprint density at radius 3 is 2.71 bits per heavy atom. The maximum atomic E-state index is 5.99. The lowest BCUT2D eigenvalue weighted by molar-refractivity contribution is 0.0422. The van der Waals surface area contributed by atoms with Crippen LogP contribution >= 0.6 is 11.6 Å². The summed E-state index contributed by atoms with van der Waals surface area (Å²) in [7, 11) is 0. The molecule has 0 aliphatic carbocycles. The van der Waals surface area contributed by atoms with Crippen molar-refractivity contribution in [3.05, 3.63) is 0 Å². The van der Waals surface area contributed by atoms with E-state index in [0.29, 0.717) is 5.88 Å². The van der Waals surface area contributed by atoms with Gasteiger partial charge in [0.05, 0.1) is 6.61 Å². The molecule has 14 heavy (non-hydrogen) atoms. The van der Waals surface area contributed by atoms with Gasteiger partial charge in [-0.05, 0) is 19.8 Å². The zero-order chi connectivity index (χ0) is 10.3. The third-order valence-electron chi connectivity index (χ3n) is 2.66. The molecule has 0 amide bonds. The minimum absolute atomic E-state index is 0.0803. The second-order valence-corrected chi connectivity index (χ2v) is 3.92. The van der Waals surface area contributed by atoms with E-state index < -0.39 is 0 Å². The fraction of sp³-hybridized carbons (Fsp3) is 1.00. The minimum Gasteiger partial charge on any atom is -0.381 e. The summed E-state index contributed by atoms with van der Waals surface area (Å²) in [4.78, 5) is 0. The summed E-state index contributed by atoms with van der Waals surface area (Å²) in [5.41, 5.74) is 0.0803. The third-order valence-corrected chi connectivity index (χ3v) is 3.17. The normalized spacial score (nSPS) is 21.0. The highest BCUT2D eigenvalue weighted by molar-refractivity contribution is 6.18. The van der Waals surface area contributed by atoms with Crippen LogP contribution in [0.2, 0.25) is 0 Å². The molecule has 1 aliphatic rings. The van der Waals surface area contributed by atoms with Gasteiger partial charge in [0.2, 0.25) is 0 Å². The van der Waals surface area contributed by atoms with Gasteiger partial charge in [-0.25, -0.2) is 0 Å². The molecule has 1 heterocycles. The van der Waals surface area contributed by atoms with E-state index in [1.807, 2.05) is 6.92 Å². The SMILES string of the molecule is CCOCCNC1(CCl)CCOCC1. The molecule has 0 atom stereocenters. The maximum Gasteiger partial charge on any atom is 0.0590 e. The van der Waals surface area contributed by atoms with Crippen molar-refractivity contribution in [1.82, 2.24) is 5.32 Å². The van der Waals surface area contributed by atoms with E-state index in [9.17, 15) is 0 Å². The van der Waals surface area contributed by atoms with Crippen molar-refractivity contribution >= 4 is 11.6 Å². The van der Waals surface area contributed by atoms with Gasteiger partial charge in [0, 0.05) is 37.8 Å². The molecule has 1 rings (SSSR count). The molecule has 0 radical (unpaired) electrons. The van der Waals surface area contributed by atoms with Gasteiger partial charge < -0.3 is 14.8 Å². The molecule has 0 spiro atoms. The van der Waals surface area contributed by atoms with E-state index in [-0.39, 0.29) is 5.54 Å². The zero-order valence-corrected chi connectivity index (χ0v) is 9.61. The van der Waals surface area contributed by atoms with E-state index in [4.69, 9.17) is 21.1 Å². The van der Waals surface area contributed by atoms with Crippen molar-refractivity contribution in [1.29, 1.82) is 0 Å². The van der Waals surface area contributed by atoms with Crippen molar-refractivity contribution in [2.75, 3.05) is 38.9 Å². The molecule has 1 fully saturated rings. The lowest BCUT2D eigenvalue weighted by atomic mass is 9.92. The van der Waals surface area contributed by atoms with Gasteiger partial charge in [-0.3, -0.25) is 0 Å². The summed E-state index contributed by atoms with van der Waals surface area (Å²) in [6.07, 6.45) is 2.01. The predicted molar refractivity (Wildman–Crippen MR) is 58.0 cm³/mol. The quantitative estimate of drug-likeness (QED) is 0.544. The molecule has 0 saturated carbocycles. The van der Waals surface area contributed by atoms with Gasteiger partial charge in [0.15, 0.2) is 0 Å². The van der Waals surface area contributed by atoms with Gasteiger partial charge in [0.1, 0.15) is 0 Å². The second kappa shape index (κ2) is 6.62. The van der Waals surface area contributed by atoms with Crippen molar-refractivity contribution in [2.24, 2.45) is 0 Å². The Morgan fingerprint density at radius 2 is 2.14 bits per heavy atom. The van der Waals surface area contributed by atoms with Crippen LogP contribution in [0.1, 0.15) is 19.8 Å². The fourth-order valence-corrected chi connectivity index (χ4v) is 2.01. The maximum absolute atomic E-state index is 5.99. The van der Waals surface area contributed by atoms with Crippen molar-refractivity contribution < 1.29 is 9.47 Å². The second-order valence-electron chi connectivity index (χ2n) is 3.65. The van der Waals surface area contributed by atoms with Crippen LogP contribution in [-0.2, 0) is 9.47 Å². The molecule has 1 N–H and O–H groups in total. The molecule has 4 heteroatoms. The van der Waals surface area contributed by atoms with Gasteiger partial charge in [-0.15, -0.1) is 11.6 Å². The summed E-state index contributed by atoms with van der Waals surface area (Å²) >= 11 is 5.99. The highest BCUT2D eigenvalue weighted by Gasteiger charge is 2.30. The number of alkyl halides is 1. The van der Waals surface area contributed by atoms with E-state index in [1.165, 1.54) is 0 Å². The average Bonchev–Trinajstić information content (AvgIpc) is 2.26. The molecule has 84 valence electrons. The lowest BCUT2D eigenvalue weighted by Crippen LogP contribution is -2.52. The first kappa shape index (κ1) is 12.2. The summed E-state index contributed by atoms with van der Waals surface area (Å²) in [5, 5.41) is 3.48. The van der Waals surface area contributed by atoms with Gasteiger partial charge in [-0.2, -0.15) is 0 Å². The minimum atomic E-state index is 0.0803. The first-order valence-electron chi connectivity index (χ1n) is 5.29. The Hall–Kier alpha value is 0.170. The van der Waals surface area contributed by atoms with E-state index >= 15 is 0 Å². The number of rotatable bonds is 6. The average molecular weight is 222 g/mol. The van der Waals surface area contributed by atoms with Crippen molar-refractivity contribution in [2.45, 2.75) is 25.3 Å². The summed E-state index contributed by atoms with van der Waals surface area (Å²) in [6, 6.07) is 0. The Bertz CT molecular complexity index is 149. The topological polar surface area (TPSA) is 30.5 Å². The number of ether oxygens (including phenoxy) is 2. The van der Waals surface area contributed by atoms with Crippen LogP contribution in [0.25, 0.3) is 0 Å². The van der Waals surface area contributed by atoms with Crippen LogP contribution in [0.5, 0.6) is 0 Å². The van der Waals surface area contributed by atoms with E-state index in [1.54, 1.807) is 0 Å². The zero-order valence-electron chi connectivity index (χ0n) is 8.85. The van der Waals surface area contributed by atoms with E-state index in [0.717, 1.165) is 45.8 Å². The number of halogens is 1. The van der Waals surface area contributed by atoms with Crippen molar-refractivity contribution in [3.8, 4) is 0 Å². The van der Waals surface area contributed by atoms with Gasteiger partial charge in [0.25, 0.3) is 0 Å². The van der Waals surface area contributed by atoms with Crippen LogP contribution in [0.4, 0.5) is 0 Å². The molecule has 3 nitrogen and oxygen atoms in total. The smallest absolute Gasteiger partial charge is 0.0590 e. The molecule has 0 bridgehead atoms. The molecule has 0 aromatic rings. The third kappa shape index (κ3) is 3.73. The fourth-order valence-electron chi connectivity index (χ4n) is 1.65. The molecule has 1 saturated heterocycles. The van der Waals surface area contributed by atoms with Crippen LogP contribution < -0.4 is 5.32 Å². The van der Waals surface area contributed by atoms with Crippen LogP contribution in [-0.4, -0.2) is 44.4 Å². The van der Waals surface area contributed by atoms with Crippen LogP contribution in [0, 0.1) is 0 Å². The van der Waals surface area contributed by atoms with E-state index in [2.05, 4.69) is 5.32 Å². The Morgan fingerprint density at radius 1 is 1.43 bits per heavy atom. The number of nitrogens with one attached hydrogen (secondary N) is 1.